The molecular weight excluding hydrogens is 394 g/mol. The monoisotopic (exact) mass is 419 g/mol. The predicted molar refractivity (Wildman–Crippen MR) is 108 cm³/mol. The number of carbonyl (C=O) groups excluding carboxylic acids is 1. The number of nitrogens with two attached hydrogens (primary N) is 1. The summed E-state index contributed by atoms with van der Waals surface area (Å²) in [6, 6.07) is 6.11. The first-order valence-electron chi connectivity index (χ1n) is 9.76. The van der Waals surface area contributed by atoms with E-state index < -0.39 is 27.1 Å². The van der Waals surface area contributed by atoms with Gasteiger partial charge in [0.2, 0.25) is 10.0 Å². The van der Waals surface area contributed by atoms with Gasteiger partial charge in [0, 0.05) is 29.6 Å². The number of benzene rings is 1. The third-order valence-electron chi connectivity index (χ3n) is 5.96. The normalized spacial score (nSPS) is 21.2. The van der Waals surface area contributed by atoms with Crippen molar-refractivity contribution in [3.63, 3.8) is 0 Å². The molecule has 1 atom stereocenters. The maximum absolute atomic E-state index is 13.4. The number of pyridine rings is 1. The van der Waals surface area contributed by atoms with Crippen LogP contribution >= 0.6 is 0 Å². The molecule has 2 aliphatic rings. The zero-order valence-corrected chi connectivity index (χ0v) is 17.3. The molecule has 2 N–H and O–H groups in total. The summed E-state index contributed by atoms with van der Waals surface area (Å²) in [6.07, 6.45) is 3.64. The molecule has 4 rings (SSSR count). The number of hydrogen-bond acceptors (Lipinski definition) is 6. The molecule has 2 heterocycles. The lowest BCUT2D eigenvalue weighted by molar-refractivity contribution is -0.151. The lowest BCUT2D eigenvalue weighted by Gasteiger charge is -2.26. The van der Waals surface area contributed by atoms with Crippen molar-refractivity contribution in [2.75, 3.05) is 6.54 Å². The molecule has 2 aromatic rings. The van der Waals surface area contributed by atoms with Gasteiger partial charge >= 0.3 is 5.97 Å². The van der Waals surface area contributed by atoms with Gasteiger partial charge < -0.3 is 10.5 Å². The van der Waals surface area contributed by atoms with Gasteiger partial charge in [-0.2, -0.15) is 4.31 Å². The summed E-state index contributed by atoms with van der Waals surface area (Å²) in [7, 11) is -3.79. The second-order valence-corrected chi connectivity index (χ2v) is 9.96. The van der Waals surface area contributed by atoms with Gasteiger partial charge in [-0.3, -0.25) is 14.2 Å². The number of esters is 1. The van der Waals surface area contributed by atoms with E-state index >= 15 is 0 Å². The minimum Gasteiger partial charge on any atom is -0.444 e. The molecule has 2 fully saturated rings. The Morgan fingerprint density at radius 1 is 1.28 bits per heavy atom. The van der Waals surface area contributed by atoms with E-state index in [1.54, 1.807) is 32.0 Å². The van der Waals surface area contributed by atoms with E-state index in [0.717, 1.165) is 12.8 Å². The van der Waals surface area contributed by atoms with Crippen molar-refractivity contribution >= 4 is 26.8 Å². The molecule has 1 spiro atoms. The summed E-state index contributed by atoms with van der Waals surface area (Å²) in [5.41, 5.74) is 5.30. The van der Waals surface area contributed by atoms with Crippen LogP contribution in [0, 0.1) is 5.92 Å². The standard InChI is InChI=1S/C20H25N3O5S/c1-13(2)19(25)28-12-22-10-6-14-15(18(22)24)4-3-5-16(14)29(26,27)23-11-7-17(21)20(23)8-9-20/h3-6,10,13,17H,7-9,11-12,21H2,1-2H3/t17-/m1/s1. The number of ether oxygens (including phenoxy) is 1. The van der Waals surface area contributed by atoms with Crippen LogP contribution in [0.25, 0.3) is 10.8 Å². The summed E-state index contributed by atoms with van der Waals surface area (Å²) in [6.45, 7) is 3.59. The van der Waals surface area contributed by atoms with Crippen molar-refractivity contribution in [1.29, 1.82) is 0 Å². The van der Waals surface area contributed by atoms with E-state index in [4.69, 9.17) is 10.5 Å². The van der Waals surface area contributed by atoms with Crippen LogP contribution in [-0.2, 0) is 26.3 Å². The van der Waals surface area contributed by atoms with E-state index in [9.17, 15) is 18.0 Å². The molecule has 0 unspecified atom stereocenters. The minimum absolute atomic E-state index is 0.110. The fourth-order valence-corrected chi connectivity index (χ4v) is 6.16. The summed E-state index contributed by atoms with van der Waals surface area (Å²) >= 11 is 0. The van der Waals surface area contributed by atoms with Crippen molar-refractivity contribution in [2.24, 2.45) is 11.7 Å². The highest BCUT2D eigenvalue weighted by Gasteiger charge is 2.60. The summed E-state index contributed by atoms with van der Waals surface area (Å²) < 4.78 is 34.8. The predicted octanol–water partition coefficient (Wildman–Crippen LogP) is 1.41. The van der Waals surface area contributed by atoms with Crippen molar-refractivity contribution in [2.45, 2.75) is 56.3 Å². The Balaban J connectivity index is 1.73. The minimum atomic E-state index is -3.79. The first kappa shape index (κ1) is 20.1. The van der Waals surface area contributed by atoms with E-state index in [0.29, 0.717) is 18.4 Å². The maximum atomic E-state index is 13.4. The Bertz CT molecular complexity index is 1130. The van der Waals surface area contributed by atoms with Gasteiger partial charge in [0.15, 0.2) is 6.73 Å². The topological polar surface area (TPSA) is 112 Å². The molecular formula is C20H25N3O5S. The molecule has 9 heteroatoms. The van der Waals surface area contributed by atoms with Crippen molar-refractivity contribution in [3.8, 4) is 0 Å². The van der Waals surface area contributed by atoms with Crippen molar-refractivity contribution in [3.05, 3.63) is 40.8 Å². The van der Waals surface area contributed by atoms with Crippen LogP contribution in [0.1, 0.15) is 33.1 Å². The molecule has 8 nitrogen and oxygen atoms in total. The maximum Gasteiger partial charge on any atom is 0.310 e. The fraction of sp³-hybridized carbons (Fsp3) is 0.500. The van der Waals surface area contributed by atoms with Gasteiger partial charge in [-0.25, -0.2) is 8.42 Å². The summed E-state index contributed by atoms with van der Waals surface area (Å²) in [5.74, 6) is -0.710. The fourth-order valence-electron chi connectivity index (χ4n) is 4.07. The van der Waals surface area contributed by atoms with Gasteiger partial charge in [0.1, 0.15) is 0 Å². The van der Waals surface area contributed by atoms with Crippen molar-refractivity contribution in [1.82, 2.24) is 8.87 Å². The smallest absolute Gasteiger partial charge is 0.310 e. The zero-order valence-electron chi connectivity index (χ0n) is 16.5. The van der Waals surface area contributed by atoms with Gasteiger partial charge in [0.25, 0.3) is 5.56 Å². The number of nitrogens with zero attached hydrogens (tertiary/aromatic N) is 2. The molecule has 1 aromatic heterocycles. The molecule has 1 saturated heterocycles. The number of carbonyl (C=O) groups is 1. The number of fused-ring (bicyclic) bond motifs is 1. The molecule has 1 aliphatic heterocycles. The molecule has 1 aromatic carbocycles. The van der Waals surface area contributed by atoms with Gasteiger partial charge in [-0.15, -0.1) is 0 Å². The SMILES string of the molecule is CC(C)C(=O)OCn1ccc2c(S(=O)(=O)N3CC[C@@H](N)C34CC4)cccc2c1=O. The van der Waals surface area contributed by atoms with Gasteiger partial charge in [0.05, 0.1) is 16.4 Å². The molecule has 1 aliphatic carbocycles. The second-order valence-electron chi connectivity index (χ2n) is 8.13. The molecule has 0 bridgehead atoms. The van der Waals surface area contributed by atoms with Crippen LogP contribution in [0.4, 0.5) is 0 Å². The van der Waals surface area contributed by atoms with E-state index in [-0.39, 0.29) is 29.0 Å². The van der Waals surface area contributed by atoms with Crippen LogP contribution in [0.3, 0.4) is 0 Å². The molecule has 0 amide bonds. The zero-order chi connectivity index (χ0) is 21.0. The van der Waals surface area contributed by atoms with Crippen LogP contribution in [0.5, 0.6) is 0 Å². The second kappa shape index (κ2) is 6.93. The third-order valence-corrected chi connectivity index (χ3v) is 7.99. The van der Waals surface area contributed by atoms with Gasteiger partial charge in [-0.05, 0) is 37.5 Å². The van der Waals surface area contributed by atoms with E-state index in [2.05, 4.69) is 0 Å². The lowest BCUT2D eigenvalue weighted by Crippen LogP contribution is -2.44. The van der Waals surface area contributed by atoms with E-state index in [1.807, 2.05) is 0 Å². The first-order chi connectivity index (χ1) is 13.7. The number of sulfonamides is 1. The van der Waals surface area contributed by atoms with Gasteiger partial charge in [-0.1, -0.05) is 19.9 Å². The largest absolute Gasteiger partial charge is 0.444 e. The summed E-state index contributed by atoms with van der Waals surface area (Å²) in [4.78, 5) is 24.6. The average Bonchev–Trinajstić information content (AvgIpc) is 3.41. The molecule has 0 radical (unpaired) electrons. The van der Waals surface area contributed by atoms with Crippen molar-refractivity contribution < 1.29 is 17.9 Å². The highest BCUT2D eigenvalue weighted by molar-refractivity contribution is 7.89. The lowest BCUT2D eigenvalue weighted by atomic mass is 10.1. The molecule has 156 valence electrons. The number of rotatable bonds is 5. The third kappa shape index (κ3) is 3.17. The molecule has 1 saturated carbocycles. The number of hydrogen-bond donors (Lipinski definition) is 1. The Morgan fingerprint density at radius 2 is 2.00 bits per heavy atom. The first-order valence-corrected chi connectivity index (χ1v) is 11.2. The highest BCUT2D eigenvalue weighted by atomic mass is 32.2. The van der Waals surface area contributed by atoms with E-state index in [1.165, 1.54) is 21.1 Å². The Labute approximate surface area is 169 Å². The Kier molecular flexibility index (Phi) is 4.79. The van der Waals surface area contributed by atoms with Crippen LogP contribution in [0.15, 0.2) is 40.2 Å². The van der Waals surface area contributed by atoms with Crippen LogP contribution in [0.2, 0.25) is 0 Å². The van der Waals surface area contributed by atoms with Crippen LogP contribution < -0.4 is 11.3 Å². The Morgan fingerprint density at radius 3 is 2.66 bits per heavy atom. The summed E-state index contributed by atoms with van der Waals surface area (Å²) in [5, 5.41) is 0.628. The van der Waals surface area contributed by atoms with Crippen LogP contribution in [-0.4, -0.2) is 41.4 Å². The quantitative estimate of drug-likeness (QED) is 0.734. The average molecular weight is 420 g/mol. The highest BCUT2D eigenvalue weighted by Crippen LogP contribution is 2.51. The Hall–Kier alpha value is -2.23. The molecule has 29 heavy (non-hydrogen) atoms. The number of aromatic nitrogens is 1.